The van der Waals surface area contributed by atoms with Gasteiger partial charge < -0.3 is 15.7 Å². The van der Waals surface area contributed by atoms with Crippen molar-refractivity contribution < 1.29 is 26.7 Å². The monoisotopic (exact) mass is 409 g/mol. The first-order valence-corrected chi connectivity index (χ1v) is 9.27. The lowest BCUT2D eigenvalue weighted by molar-refractivity contribution is -0.139. The van der Waals surface area contributed by atoms with E-state index in [1.165, 1.54) is 0 Å². The molecule has 6 N–H and O–H groups in total. The fraction of sp³-hybridized carbons (Fsp3) is 0.462. The average Bonchev–Trinajstić information content (AvgIpc) is 3.09. The first kappa shape index (κ1) is 21.0. The van der Waals surface area contributed by atoms with Crippen LogP contribution >= 0.6 is 0 Å². The molecule has 1 aromatic heterocycles. The Kier molecular flexibility index (Phi) is 6.69. The molecule has 0 bridgehead atoms. The van der Waals surface area contributed by atoms with E-state index in [0.717, 1.165) is 6.07 Å². The summed E-state index contributed by atoms with van der Waals surface area (Å²) in [5.41, 5.74) is -1.79. The number of benzene rings is 1. The van der Waals surface area contributed by atoms with Gasteiger partial charge in [-0.05, 0) is 30.3 Å². The Bertz CT molecular complexity index is 857. The van der Waals surface area contributed by atoms with Gasteiger partial charge in [-0.3, -0.25) is 0 Å². The highest BCUT2D eigenvalue weighted by atomic mass is 32.2. The standard InChI is InChI=1S/C13H18F3N7O3S/c14-13(15,16)8-2-3-9(19-6-5-18-4-1-7-24)10(11(8)27(17,25)26)12-20-22-23-21-12/h2-3,18-19,24H,1,4-7H2,(H2,17,25,26)(H,20,21,22,23). The molecule has 0 radical (unpaired) electrons. The van der Waals surface area contributed by atoms with Gasteiger partial charge >= 0.3 is 6.18 Å². The summed E-state index contributed by atoms with van der Waals surface area (Å²) < 4.78 is 63.9. The molecule has 1 heterocycles. The number of halogens is 3. The van der Waals surface area contributed by atoms with Crippen LogP contribution in [0.3, 0.4) is 0 Å². The smallest absolute Gasteiger partial charge is 0.396 e. The molecule has 0 aliphatic heterocycles. The molecule has 0 aliphatic rings. The fourth-order valence-corrected chi connectivity index (χ4v) is 3.33. The first-order valence-electron chi connectivity index (χ1n) is 7.72. The maximum Gasteiger partial charge on any atom is 0.417 e. The number of aromatic amines is 1. The van der Waals surface area contributed by atoms with E-state index in [4.69, 9.17) is 10.2 Å². The highest BCUT2D eigenvalue weighted by Gasteiger charge is 2.39. The van der Waals surface area contributed by atoms with Crippen molar-refractivity contribution in [2.75, 3.05) is 31.6 Å². The molecule has 10 nitrogen and oxygen atoms in total. The number of rotatable bonds is 9. The highest BCUT2D eigenvalue weighted by Crippen LogP contribution is 2.41. The number of primary sulfonamides is 1. The maximum absolute atomic E-state index is 13.3. The molecule has 0 saturated heterocycles. The molecule has 2 rings (SSSR count). The van der Waals surface area contributed by atoms with Crippen LogP contribution in [0, 0.1) is 0 Å². The van der Waals surface area contributed by atoms with Gasteiger partial charge in [0.1, 0.15) is 4.90 Å². The van der Waals surface area contributed by atoms with Gasteiger partial charge in [0.15, 0.2) is 0 Å². The van der Waals surface area contributed by atoms with Crippen LogP contribution in [-0.4, -0.2) is 60.4 Å². The Morgan fingerprint density at radius 2 is 1.96 bits per heavy atom. The van der Waals surface area contributed by atoms with Crippen molar-refractivity contribution in [1.82, 2.24) is 25.9 Å². The number of nitrogens with one attached hydrogen (secondary N) is 3. The lowest BCUT2D eigenvalue weighted by atomic mass is 10.1. The van der Waals surface area contributed by atoms with Crippen LogP contribution in [0.1, 0.15) is 12.0 Å². The molecular formula is C13H18F3N7O3S. The van der Waals surface area contributed by atoms with Crippen LogP contribution in [0.25, 0.3) is 11.4 Å². The summed E-state index contributed by atoms with van der Waals surface area (Å²) in [6, 6.07) is 1.71. The van der Waals surface area contributed by atoms with E-state index in [9.17, 15) is 21.6 Å². The number of hydrogen-bond donors (Lipinski definition) is 5. The van der Waals surface area contributed by atoms with Crippen LogP contribution in [-0.2, 0) is 16.2 Å². The second-order valence-corrected chi connectivity index (χ2v) is 6.90. The van der Waals surface area contributed by atoms with Crippen LogP contribution < -0.4 is 15.8 Å². The summed E-state index contributed by atoms with van der Waals surface area (Å²) in [7, 11) is -4.76. The molecule has 0 atom stereocenters. The number of nitrogens with zero attached hydrogens (tertiary/aromatic N) is 3. The van der Waals surface area contributed by atoms with Gasteiger partial charge in [0, 0.05) is 25.4 Å². The Balaban J connectivity index is 2.46. The van der Waals surface area contributed by atoms with Crippen molar-refractivity contribution in [3.8, 4) is 11.4 Å². The van der Waals surface area contributed by atoms with E-state index in [1.54, 1.807) is 0 Å². The zero-order valence-corrected chi connectivity index (χ0v) is 14.7. The minimum atomic E-state index is -4.95. The van der Waals surface area contributed by atoms with Crippen molar-refractivity contribution in [3.63, 3.8) is 0 Å². The lowest BCUT2D eigenvalue weighted by Crippen LogP contribution is -2.25. The average molecular weight is 409 g/mol. The summed E-state index contributed by atoms with van der Waals surface area (Å²) in [5.74, 6) is -0.346. The number of hydrogen-bond acceptors (Lipinski definition) is 8. The van der Waals surface area contributed by atoms with Crippen LogP contribution in [0.5, 0.6) is 0 Å². The summed E-state index contributed by atoms with van der Waals surface area (Å²) in [4.78, 5) is -1.13. The van der Waals surface area contributed by atoms with E-state index in [0.29, 0.717) is 25.6 Å². The van der Waals surface area contributed by atoms with Crippen LogP contribution in [0.15, 0.2) is 17.0 Å². The predicted octanol–water partition coefficient (Wildman–Crippen LogP) is -0.0832. The van der Waals surface area contributed by atoms with Crippen molar-refractivity contribution >= 4 is 15.7 Å². The topological polar surface area (TPSA) is 159 Å². The lowest BCUT2D eigenvalue weighted by Gasteiger charge is -2.18. The molecule has 150 valence electrons. The zero-order valence-electron chi connectivity index (χ0n) is 13.9. The predicted molar refractivity (Wildman–Crippen MR) is 89.1 cm³/mol. The number of H-pyrrole nitrogens is 1. The largest absolute Gasteiger partial charge is 0.417 e. The first-order chi connectivity index (χ1) is 12.7. The van der Waals surface area contributed by atoms with Crippen molar-refractivity contribution in [3.05, 3.63) is 17.7 Å². The highest BCUT2D eigenvalue weighted by molar-refractivity contribution is 7.89. The quantitative estimate of drug-likeness (QED) is 0.360. The molecule has 27 heavy (non-hydrogen) atoms. The van der Waals surface area contributed by atoms with E-state index in [-0.39, 0.29) is 24.7 Å². The van der Waals surface area contributed by atoms with E-state index < -0.39 is 32.2 Å². The maximum atomic E-state index is 13.3. The van der Waals surface area contributed by atoms with Crippen molar-refractivity contribution in [1.29, 1.82) is 0 Å². The Morgan fingerprint density at radius 3 is 2.52 bits per heavy atom. The Labute approximate surface area is 152 Å². The number of anilines is 1. The van der Waals surface area contributed by atoms with E-state index in [2.05, 4.69) is 31.3 Å². The van der Waals surface area contributed by atoms with E-state index >= 15 is 0 Å². The van der Waals surface area contributed by atoms with Gasteiger partial charge in [-0.25, -0.2) is 13.6 Å². The molecule has 0 fully saturated rings. The number of sulfonamides is 1. The molecule has 0 saturated carbocycles. The summed E-state index contributed by atoms with van der Waals surface area (Å²) in [6.07, 6.45) is -4.41. The molecule has 0 amide bonds. The summed E-state index contributed by atoms with van der Waals surface area (Å²) >= 11 is 0. The number of aromatic nitrogens is 4. The van der Waals surface area contributed by atoms with Crippen LogP contribution in [0.2, 0.25) is 0 Å². The number of aliphatic hydroxyl groups is 1. The Hall–Kier alpha value is -2.29. The van der Waals surface area contributed by atoms with Crippen molar-refractivity contribution in [2.24, 2.45) is 5.14 Å². The second kappa shape index (κ2) is 8.60. The van der Waals surface area contributed by atoms with Gasteiger partial charge in [0.2, 0.25) is 15.8 Å². The summed E-state index contributed by atoms with van der Waals surface area (Å²) in [5, 5.41) is 32.1. The van der Waals surface area contributed by atoms with Gasteiger partial charge in [-0.2, -0.15) is 18.4 Å². The summed E-state index contributed by atoms with van der Waals surface area (Å²) in [6.45, 7) is 1.24. The number of nitrogens with two attached hydrogens (primary N) is 1. The van der Waals surface area contributed by atoms with Crippen LogP contribution in [0.4, 0.5) is 18.9 Å². The van der Waals surface area contributed by atoms with E-state index in [1.807, 2.05) is 0 Å². The van der Waals surface area contributed by atoms with Gasteiger partial charge in [0.05, 0.1) is 11.1 Å². The third-order valence-electron chi connectivity index (χ3n) is 3.45. The third kappa shape index (κ3) is 5.35. The third-order valence-corrected chi connectivity index (χ3v) is 4.44. The number of tetrazole rings is 1. The SMILES string of the molecule is NS(=O)(=O)c1c(C(F)(F)F)ccc(NCCNCCCO)c1-c1nn[nH]n1. The fourth-order valence-electron chi connectivity index (χ4n) is 2.35. The molecule has 0 aliphatic carbocycles. The zero-order chi connectivity index (χ0) is 20.1. The van der Waals surface area contributed by atoms with Gasteiger partial charge in [0.25, 0.3) is 0 Å². The van der Waals surface area contributed by atoms with Gasteiger partial charge in [-0.15, -0.1) is 10.2 Å². The molecule has 2 aromatic rings. The van der Waals surface area contributed by atoms with Crippen molar-refractivity contribution in [2.45, 2.75) is 17.5 Å². The minimum absolute atomic E-state index is 0.0268. The van der Waals surface area contributed by atoms with Gasteiger partial charge in [-0.1, -0.05) is 0 Å². The Morgan fingerprint density at radius 1 is 1.22 bits per heavy atom. The molecular weight excluding hydrogens is 391 g/mol. The second-order valence-electron chi connectivity index (χ2n) is 5.40. The molecule has 14 heteroatoms. The molecule has 1 aromatic carbocycles. The number of alkyl halides is 3. The number of aliphatic hydroxyl groups excluding tert-OH is 1. The normalized spacial score (nSPS) is 12.3. The molecule has 0 unspecified atom stereocenters. The minimum Gasteiger partial charge on any atom is -0.396 e. The molecule has 0 spiro atoms.